The molecule has 3 rings (SSSR count). The molecular formula is C17H23BrN2OS. The smallest absolute Gasteiger partial charge is 0.222 e. The van der Waals surface area contributed by atoms with Crippen LogP contribution in [0.2, 0.25) is 0 Å². The predicted molar refractivity (Wildman–Crippen MR) is 95.2 cm³/mol. The minimum absolute atomic E-state index is 0.225. The maximum atomic E-state index is 12.6. The second kappa shape index (κ2) is 7.37. The Morgan fingerprint density at radius 3 is 3.09 bits per heavy atom. The third kappa shape index (κ3) is 3.69. The first-order valence-electron chi connectivity index (χ1n) is 8.04. The van der Waals surface area contributed by atoms with Gasteiger partial charge in [-0.15, -0.1) is 11.8 Å². The van der Waals surface area contributed by atoms with E-state index in [1.165, 1.54) is 16.9 Å². The molecule has 1 fully saturated rings. The first kappa shape index (κ1) is 16.3. The van der Waals surface area contributed by atoms with Crippen LogP contribution in [0.1, 0.15) is 37.3 Å². The summed E-state index contributed by atoms with van der Waals surface area (Å²) in [5, 5.41) is 3.38. The van der Waals surface area contributed by atoms with Crippen LogP contribution < -0.4 is 5.32 Å². The number of amides is 1. The fourth-order valence-electron chi connectivity index (χ4n) is 3.39. The highest BCUT2D eigenvalue weighted by Gasteiger charge is 2.27. The second-order valence-electron chi connectivity index (χ2n) is 6.24. The van der Waals surface area contributed by atoms with Crippen molar-refractivity contribution < 1.29 is 4.79 Å². The summed E-state index contributed by atoms with van der Waals surface area (Å²) in [6.45, 7) is 2.18. The van der Waals surface area contributed by atoms with E-state index in [1.54, 1.807) is 0 Å². The molecule has 2 aliphatic heterocycles. The largest absolute Gasteiger partial charge is 0.339 e. The van der Waals surface area contributed by atoms with Gasteiger partial charge in [0.1, 0.15) is 0 Å². The Kier molecular flexibility index (Phi) is 5.47. The van der Waals surface area contributed by atoms with Crippen molar-refractivity contribution in [3.05, 3.63) is 28.2 Å². The molecule has 3 nitrogen and oxygen atoms in total. The number of benzene rings is 1. The van der Waals surface area contributed by atoms with Crippen molar-refractivity contribution >= 4 is 33.6 Å². The van der Waals surface area contributed by atoms with Crippen molar-refractivity contribution in [2.45, 2.75) is 36.6 Å². The number of fused-ring (bicyclic) bond motifs is 1. The molecule has 2 atom stereocenters. The monoisotopic (exact) mass is 382 g/mol. The number of rotatable bonds is 4. The minimum Gasteiger partial charge on any atom is -0.339 e. The Morgan fingerprint density at radius 2 is 2.32 bits per heavy atom. The zero-order valence-electron chi connectivity index (χ0n) is 13.0. The van der Waals surface area contributed by atoms with Crippen LogP contribution in [0.15, 0.2) is 27.6 Å². The van der Waals surface area contributed by atoms with Gasteiger partial charge < -0.3 is 10.2 Å². The molecule has 0 aromatic heterocycles. The van der Waals surface area contributed by atoms with Crippen LogP contribution in [0.25, 0.3) is 0 Å². The Morgan fingerprint density at radius 1 is 1.45 bits per heavy atom. The zero-order chi connectivity index (χ0) is 15.5. The van der Waals surface area contributed by atoms with E-state index in [4.69, 9.17) is 0 Å². The maximum Gasteiger partial charge on any atom is 0.222 e. The van der Waals surface area contributed by atoms with Crippen molar-refractivity contribution in [2.75, 3.05) is 25.9 Å². The zero-order valence-corrected chi connectivity index (χ0v) is 15.4. The summed E-state index contributed by atoms with van der Waals surface area (Å²) in [5.41, 5.74) is 1.30. The van der Waals surface area contributed by atoms with Crippen LogP contribution in [-0.4, -0.2) is 36.7 Å². The van der Waals surface area contributed by atoms with E-state index in [0.717, 1.165) is 36.2 Å². The molecule has 1 N–H and O–H groups in total. The van der Waals surface area contributed by atoms with Crippen molar-refractivity contribution in [2.24, 2.45) is 5.92 Å². The van der Waals surface area contributed by atoms with Gasteiger partial charge in [0.05, 0.1) is 6.04 Å². The molecule has 22 heavy (non-hydrogen) atoms. The third-order valence-corrected chi connectivity index (χ3v) is 6.39. The standard InChI is InChI=1S/C17H23BrN2OS/c1-20(17(21)5-2-12-6-8-19-11-12)15-7-9-22-16-4-3-13(18)10-14(15)16/h3-4,10,12,15,19H,2,5-9,11H2,1H3. The molecule has 0 radical (unpaired) electrons. The van der Waals surface area contributed by atoms with Gasteiger partial charge in [-0.2, -0.15) is 0 Å². The van der Waals surface area contributed by atoms with Gasteiger partial charge in [-0.25, -0.2) is 0 Å². The topological polar surface area (TPSA) is 32.3 Å². The number of hydrogen-bond donors (Lipinski definition) is 1. The fraction of sp³-hybridized carbons (Fsp3) is 0.588. The van der Waals surface area contributed by atoms with Crippen molar-refractivity contribution in [1.29, 1.82) is 0 Å². The van der Waals surface area contributed by atoms with Crippen molar-refractivity contribution in [1.82, 2.24) is 10.2 Å². The number of carbonyl (C=O) groups is 1. The van der Waals surface area contributed by atoms with Crippen LogP contribution in [0.5, 0.6) is 0 Å². The number of thioether (sulfide) groups is 1. The van der Waals surface area contributed by atoms with Gasteiger partial charge in [0.15, 0.2) is 0 Å². The molecule has 0 bridgehead atoms. The summed E-state index contributed by atoms with van der Waals surface area (Å²) in [6, 6.07) is 6.65. The molecule has 1 amide bonds. The van der Waals surface area contributed by atoms with E-state index < -0.39 is 0 Å². The molecule has 1 aromatic carbocycles. The number of nitrogens with one attached hydrogen (secondary N) is 1. The van der Waals surface area contributed by atoms with E-state index in [9.17, 15) is 4.79 Å². The van der Waals surface area contributed by atoms with E-state index in [1.807, 2.05) is 23.7 Å². The van der Waals surface area contributed by atoms with Crippen LogP contribution >= 0.6 is 27.7 Å². The molecular weight excluding hydrogens is 360 g/mol. The van der Waals surface area contributed by atoms with Gasteiger partial charge in [-0.3, -0.25) is 4.79 Å². The molecule has 2 heterocycles. The molecule has 2 aliphatic rings. The molecule has 0 spiro atoms. The number of hydrogen-bond acceptors (Lipinski definition) is 3. The summed E-state index contributed by atoms with van der Waals surface area (Å²) >= 11 is 5.46. The van der Waals surface area contributed by atoms with Gasteiger partial charge in [0.25, 0.3) is 0 Å². The van der Waals surface area contributed by atoms with Gasteiger partial charge in [0.2, 0.25) is 5.91 Å². The normalized spacial score (nSPS) is 24.1. The molecule has 1 saturated heterocycles. The molecule has 2 unspecified atom stereocenters. The van der Waals surface area contributed by atoms with Gasteiger partial charge in [-0.05, 0) is 62.0 Å². The minimum atomic E-state index is 0.225. The fourth-order valence-corrected chi connectivity index (χ4v) is 4.85. The highest BCUT2D eigenvalue weighted by atomic mass is 79.9. The Bertz CT molecular complexity index is 545. The lowest BCUT2D eigenvalue weighted by molar-refractivity contribution is -0.132. The summed E-state index contributed by atoms with van der Waals surface area (Å²) < 4.78 is 1.09. The second-order valence-corrected chi connectivity index (χ2v) is 8.29. The molecule has 0 saturated carbocycles. The SMILES string of the molecule is CN(C(=O)CCC1CCNC1)C1CCSc2ccc(Br)cc21. The first-order valence-corrected chi connectivity index (χ1v) is 9.81. The average molecular weight is 383 g/mol. The Balaban J connectivity index is 1.65. The highest BCUT2D eigenvalue weighted by molar-refractivity contribution is 9.10. The summed E-state index contributed by atoms with van der Waals surface area (Å²) in [5.74, 6) is 2.05. The lowest BCUT2D eigenvalue weighted by Gasteiger charge is -2.33. The van der Waals surface area contributed by atoms with Crippen LogP contribution in [-0.2, 0) is 4.79 Å². The van der Waals surface area contributed by atoms with E-state index in [-0.39, 0.29) is 11.9 Å². The van der Waals surface area contributed by atoms with Crippen molar-refractivity contribution in [3.63, 3.8) is 0 Å². The van der Waals surface area contributed by atoms with Gasteiger partial charge in [0, 0.05) is 28.6 Å². The number of nitrogens with zero attached hydrogens (tertiary/aromatic N) is 1. The lowest BCUT2D eigenvalue weighted by atomic mass is 9.99. The van der Waals surface area contributed by atoms with E-state index in [0.29, 0.717) is 12.3 Å². The first-order chi connectivity index (χ1) is 10.6. The van der Waals surface area contributed by atoms with Gasteiger partial charge >= 0.3 is 0 Å². The number of carbonyl (C=O) groups excluding carboxylic acids is 1. The Hall–Kier alpha value is -0.520. The summed E-state index contributed by atoms with van der Waals surface area (Å²) in [4.78, 5) is 15.9. The van der Waals surface area contributed by atoms with Crippen LogP contribution in [0.3, 0.4) is 0 Å². The predicted octanol–water partition coefficient (Wildman–Crippen LogP) is 3.83. The van der Waals surface area contributed by atoms with Crippen LogP contribution in [0.4, 0.5) is 0 Å². The molecule has 0 aliphatic carbocycles. The quantitative estimate of drug-likeness (QED) is 0.858. The van der Waals surface area contributed by atoms with E-state index in [2.05, 4.69) is 39.4 Å². The Labute approximate surface area is 145 Å². The molecule has 120 valence electrons. The highest BCUT2D eigenvalue weighted by Crippen LogP contribution is 2.40. The molecule has 5 heteroatoms. The molecule has 1 aromatic rings. The van der Waals surface area contributed by atoms with Gasteiger partial charge in [-0.1, -0.05) is 15.9 Å². The maximum absolute atomic E-state index is 12.6. The summed E-state index contributed by atoms with van der Waals surface area (Å²) in [7, 11) is 1.97. The van der Waals surface area contributed by atoms with Crippen LogP contribution in [0, 0.1) is 5.92 Å². The van der Waals surface area contributed by atoms with Crippen molar-refractivity contribution in [3.8, 4) is 0 Å². The average Bonchev–Trinajstić information content (AvgIpc) is 3.04. The number of halogens is 1. The van der Waals surface area contributed by atoms with E-state index >= 15 is 0 Å². The lowest BCUT2D eigenvalue weighted by Crippen LogP contribution is -2.33. The third-order valence-electron chi connectivity index (χ3n) is 4.77. The summed E-state index contributed by atoms with van der Waals surface area (Å²) in [6.07, 6.45) is 3.95.